The molecule has 1 aromatic rings. The van der Waals surface area contributed by atoms with E-state index < -0.39 is 5.97 Å². The second-order valence-corrected chi connectivity index (χ2v) is 8.06. The maximum absolute atomic E-state index is 11.4. The summed E-state index contributed by atoms with van der Waals surface area (Å²) in [5.41, 5.74) is 0. The van der Waals surface area contributed by atoms with E-state index in [1.54, 1.807) is 0 Å². The van der Waals surface area contributed by atoms with Crippen molar-refractivity contribution in [2.75, 3.05) is 13.2 Å². The topological polar surface area (TPSA) is 58.6 Å². The number of nitrogens with one attached hydrogen (secondary N) is 1. The molecule has 0 spiro atoms. The van der Waals surface area contributed by atoms with Gasteiger partial charge in [-0.3, -0.25) is 4.79 Å². The van der Waals surface area contributed by atoms with Crippen LogP contribution in [0.15, 0.2) is 35.2 Å². The van der Waals surface area contributed by atoms with E-state index >= 15 is 0 Å². The fourth-order valence-corrected chi connectivity index (χ4v) is 4.45. The average Bonchev–Trinajstić information content (AvgIpc) is 2.54. The zero-order chi connectivity index (χ0) is 17.5. The molecule has 0 radical (unpaired) electrons. The lowest BCUT2D eigenvalue weighted by Crippen LogP contribution is -2.58. The van der Waals surface area contributed by atoms with E-state index in [2.05, 4.69) is 31.3 Å². The quantitative estimate of drug-likeness (QED) is 0.674. The first kappa shape index (κ1) is 19.3. The Labute approximate surface area is 149 Å². The van der Waals surface area contributed by atoms with Crippen LogP contribution >= 0.6 is 11.8 Å². The Morgan fingerprint density at radius 1 is 1.38 bits per heavy atom. The van der Waals surface area contributed by atoms with Gasteiger partial charge in [0.05, 0.1) is 17.3 Å². The van der Waals surface area contributed by atoms with E-state index in [0.29, 0.717) is 36.8 Å². The van der Waals surface area contributed by atoms with Crippen LogP contribution in [0.5, 0.6) is 0 Å². The number of hydrogen-bond donors (Lipinski definition) is 2. The predicted molar refractivity (Wildman–Crippen MR) is 98.5 cm³/mol. The van der Waals surface area contributed by atoms with E-state index in [-0.39, 0.29) is 12.0 Å². The van der Waals surface area contributed by atoms with Gasteiger partial charge in [0.2, 0.25) is 0 Å². The lowest BCUT2D eigenvalue weighted by molar-refractivity contribution is -0.142. The van der Waals surface area contributed by atoms with Crippen molar-refractivity contribution in [2.24, 2.45) is 11.8 Å². The molecule has 2 unspecified atom stereocenters. The van der Waals surface area contributed by atoms with E-state index in [9.17, 15) is 9.90 Å². The van der Waals surface area contributed by atoms with Crippen molar-refractivity contribution in [2.45, 2.75) is 55.9 Å². The SMILES string of the molecule is CCO[C@@H]1CC(NCC(CC(C)C)C(=O)O)[C@H]1Sc1ccccc1. The molecule has 1 fully saturated rings. The summed E-state index contributed by atoms with van der Waals surface area (Å²) in [6, 6.07) is 10.6. The smallest absolute Gasteiger partial charge is 0.307 e. The van der Waals surface area contributed by atoms with Crippen LogP contribution in [-0.4, -0.2) is 41.6 Å². The number of carboxylic acid groups (broad SMARTS) is 1. The maximum Gasteiger partial charge on any atom is 0.307 e. The number of hydrogen-bond acceptors (Lipinski definition) is 4. The predicted octanol–water partition coefficient (Wildman–Crippen LogP) is 3.66. The lowest BCUT2D eigenvalue weighted by Gasteiger charge is -2.44. The lowest BCUT2D eigenvalue weighted by atomic mass is 9.87. The fraction of sp³-hybridized carbons (Fsp3) is 0.632. The first-order valence-corrected chi connectivity index (χ1v) is 9.68. The van der Waals surface area contributed by atoms with E-state index in [0.717, 1.165) is 6.42 Å². The van der Waals surface area contributed by atoms with Crippen molar-refractivity contribution in [3.63, 3.8) is 0 Å². The Bertz CT molecular complexity index is 509. The van der Waals surface area contributed by atoms with Crippen molar-refractivity contribution in [1.29, 1.82) is 0 Å². The maximum atomic E-state index is 11.4. The Kier molecular flexibility index (Phi) is 7.59. The van der Waals surface area contributed by atoms with Crippen LogP contribution in [0.3, 0.4) is 0 Å². The van der Waals surface area contributed by atoms with Gasteiger partial charge in [-0.1, -0.05) is 32.0 Å². The largest absolute Gasteiger partial charge is 0.481 e. The van der Waals surface area contributed by atoms with Gasteiger partial charge in [-0.15, -0.1) is 11.8 Å². The van der Waals surface area contributed by atoms with Crippen molar-refractivity contribution in [3.05, 3.63) is 30.3 Å². The fourth-order valence-electron chi connectivity index (χ4n) is 3.11. The third-order valence-corrected chi connectivity index (χ3v) is 5.83. The highest BCUT2D eigenvalue weighted by atomic mass is 32.2. The highest BCUT2D eigenvalue weighted by Gasteiger charge is 2.42. The molecule has 0 bridgehead atoms. The number of thioether (sulfide) groups is 1. The standard InChI is InChI=1S/C19H29NO3S/c1-4-23-17-11-16(18(17)24-15-8-6-5-7-9-15)20-12-14(19(21)22)10-13(2)3/h5-9,13-14,16-18,20H,4,10-12H2,1-3H3,(H,21,22)/t14?,16?,17-,18-/m1/s1. The summed E-state index contributed by atoms with van der Waals surface area (Å²) in [6.07, 6.45) is 1.90. The number of carboxylic acids is 1. The van der Waals surface area contributed by atoms with Gasteiger partial charge in [0.1, 0.15) is 0 Å². The third kappa shape index (κ3) is 5.50. The van der Waals surface area contributed by atoms with Crippen LogP contribution in [0, 0.1) is 11.8 Å². The summed E-state index contributed by atoms with van der Waals surface area (Å²) >= 11 is 1.83. The summed E-state index contributed by atoms with van der Waals surface area (Å²) in [6.45, 7) is 7.40. The molecule has 5 heteroatoms. The minimum atomic E-state index is -0.704. The molecular formula is C19H29NO3S. The van der Waals surface area contributed by atoms with Crippen molar-refractivity contribution >= 4 is 17.7 Å². The molecule has 2 N–H and O–H groups in total. The summed E-state index contributed by atoms with van der Waals surface area (Å²) in [4.78, 5) is 12.7. The van der Waals surface area contributed by atoms with Gasteiger partial charge in [-0.25, -0.2) is 0 Å². The third-order valence-electron chi connectivity index (χ3n) is 4.38. The molecule has 4 nitrogen and oxygen atoms in total. The van der Waals surface area contributed by atoms with Crippen LogP contribution < -0.4 is 5.32 Å². The number of rotatable bonds is 10. The molecular weight excluding hydrogens is 322 g/mol. The minimum Gasteiger partial charge on any atom is -0.481 e. The van der Waals surface area contributed by atoms with Crippen LogP contribution in [0.4, 0.5) is 0 Å². The summed E-state index contributed by atoms with van der Waals surface area (Å²) < 4.78 is 5.83. The molecule has 1 aliphatic carbocycles. The van der Waals surface area contributed by atoms with E-state index in [4.69, 9.17) is 4.74 Å². The molecule has 0 heterocycles. The first-order valence-electron chi connectivity index (χ1n) is 8.80. The molecule has 4 atom stereocenters. The number of ether oxygens (including phenoxy) is 1. The van der Waals surface area contributed by atoms with Crippen LogP contribution in [0.25, 0.3) is 0 Å². The van der Waals surface area contributed by atoms with Crippen LogP contribution in [0.2, 0.25) is 0 Å². The molecule has 24 heavy (non-hydrogen) atoms. The van der Waals surface area contributed by atoms with Crippen molar-refractivity contribution in [3.8, 4) is 0 Å². The molecule has 2 rings (SSSR count). The van der Waals surface area contributed by atoms with Gasteiger partial charge in [-0.2, -0.15) is 0 Å². The second-order valence-electron chi connectivity index (χ2n) is 6.80. The van der Waals surface area contributed by atoms with Gasteiger partial charge in [-0.05, 0) is 37.8 Å². The van der Waals surface area contributed by atoms with Gasteiger partial charge in [0.15, 0.2) is 0 Å². The molecule has 0 amide bonds. The van der Waals surface area contributed by atoms with Crippen molar-refractivity contribution < 1.29 is 14.6 Å². The minimum absolute atomic E-state index is 0.242. The summed E-state index contributed by atoms with van der Waals surface area (Å²) in [5, 5.41) is 13.2. The number of benzene rings is 1. The van der Waals surface area contributed by atoms with Gasteiger partial charge < -0.3 is 15.2 Å². The monoisotopic (exact) mass is 351 g/mol. The highest BCUT2D eigenvalue weighted by Crippen LogP contribution is 2.39. The zero-order valence-electron chi connectivity index (χ0n) is 14.8. The average molecular weight is 352 g/mol. The van der Waals surface area contributed by atoms with Gasteiger partial charge in [0.25, 0.3) is 0 Å². The Balaban J connectivity index is 1.91. The zero-order valence-corrected chi connectivity index (χ0v) is 15.6. The molecule has 0 saturated heterocycles. The van der Waals surface area contributed by atoms with E-state index in [1.807, 2.05) is 36.9 Å². The highest BCUT2D eigenvalue weighted by molar-refractivity contribution is 8.00. The molecule has 0 aliphatic heterocycles. The number of aliphatic carboxylic acids is 1. The Morgan fingerprint density at radius 2 is 2.08 bits per heavy atom. The Morgan fingerprint density at radius 3 is 2.67 bits per heavy atom. The summed E-state index contributed by atoms with van der Waals surface area (Å²) in [5.74, 6) is -0.636. The second kappa shape index (κ2) is 9.44. The summed E-state index contributed by atoms with van der Waals surface area (Å²) in [7, 11) is 0. The molecule has 1 saturated carbocycles. The first-order chi connectivity index (χ1) is 11.5. The van der Waals surface area contributed by atoms with Crippen LogP contribution in [0.1, 0.15) is 33.6 Å². The Hall–Kier alpha value is -1.04. The van der Waals surface area contributed by atoms with Gasteiger partial charge >= 0.3 is 5.97 Å². The van der Waals surface area contributed by atoms with Gasteiger partial charge in [0, 0.05) is 24.1 Å². The molecule has 134 valence electrons. The van der Waals surface area contributed by atoms with Crippen molar-refractivity contribution in [1.82, 2.24) is 5.32 Å². The normalized spacial score (nSPS) is 24.6. The molecule has 1 aliphatic rings. The van der Waals surface area contributed by atoms with E-state index in [1.165, 1.54) is 4.90 Å². The van der Waals surface area contributed by atoms with Crippen LogP contribution in [-0.2, 0) is 9.53 Å². The molecule has 1 aromatic carbocycles. The molecule has 0 aromatic heterocycles. The number of carbonyl (C=O) groups is 1.